The van der Waals surface area contributed by atoms with E-state index in [1.54, 1.807) is 6.20 Å². The van der Waals surface area contributed by atoms with Gasteiger partial charge in [0, 0.05) is 21.7 Å². The van der Waals surface area contributed by atoms with Crippen molar-refractivity contribution < 1.29 is 8.83 Å². The maximum absolute atomic E-state index is 6.40. The molecule has 45 heavy (non-hydrogen) atoms. The fraction of sp³-hybridized carbons (Fsp3) is 0. The summed E-state index contributed by atoms with van der Waals surface area (Å²) in [6.45, 7) is 0. The Morgan fingerprint density at radius 1 is 0.422 bits per heavy atom. The average Bonchev–Trinajstić information content (AvgIpc) is 3.67. The van der Waals surface area contributed by atoms with Crippen molar-refractivity contribution in [2.45, 2.75) is 0 Å². The lowest BCUT2D eigenvalue weighted by molar-refractivity contribution is 0.665. The maximum Gasteiger partial charge on any atom is 0.179 e. The number of furan rings is 2. The number of fused-ring (bicyclic) bond motifs is 6. The van der Waals surface area contributed by atoms with E-state index in [0.717, 1.165) is 44.0 Å². The van der Waals surface area contributed by atoms with E-state index < -0.39 is 8.07 Å². The molecule has 6 aromatic carbocycles. The molecule has 0 aliphatic heterocycles. The number of para-hydroxylation sites is 1. The molecule has 0 unspecified atom stereocenters. The molecule has 0 bridgehead atoms. The molecule has 0 fully saturated rings. The first-order valence-corrected chi connectivity index (χ1v) is 17.1. The Morgan fingerprint density at radius 3 is 1.62 bits per heavy atom. The second-order valence-electron chi connectivity index (χ2n) is 11.4. The minimum atomic E-state index is -2.68. The van der Waals surface area contributed by atoms with Gasteiger partial charge in [-0.2, -0.15) is 0 Å². The highest BCUT2D eigenvalue weighted by atomic mass is 28.3. The summed E-state index contributed by atoms with van der Waals surface area (Å²) in [6.07, 6.45) is 1.77. The van der Waals surface area contributed by atoms with E-state index >= 15 is 0 Å². The smallest absolute Gasteiger partial charge is 0.179 e. The number of benzene rings is 6. The second-order valence-corrected chi connectivity index (χ2v) is 15.2. The Kier molecular flexibility index (Phi) is 5.79. The van der Waals surface area contributed by atoms with Gasteiger partial charge in [0.25, 0.3) is 0 Å². The molecule has 0 N–H and O–H groups in total. The predicted molar refractivity (Wildman–Crippen MR) is 186 cm³/mol. The number of nitrogens with zero attached hydrogens (tertiary/aromatic N) is 2. The van der Waals surface area contributed by atoms with E-state index in [2.05, 4.69) is 115 Å². The van der Waals surface area contributed by atoms with E-state index in [1.807, 2.05) is 36.4 Å². The molecule has 0 aliphatic rings. The molecule has 0 saturated carbocycles. The maximum atomic E-state index is 6.40. The van der Waals surface area contributed by atoms with Crippen molar-refractivity contribution in [1.82, 2.24) is 9.97 Å². The highest BCUT2D eigenvalue weighted by Gasteiger charge is 2.41. The van der Waals surface area contributed by atoms with Crippen LogP contribution in [0.15, 0.2) is 167 Å². The Morgan fingerprint density at radius 2 is 0.956 bits per heavy atom. The van der Waals surface area contributed by atoms with Gasteiger partial charge in [0.05, 0.1) is 6.20 Å². The molecular weight excluding hydrogens is 569 g/mol. The summed E-state index contributed by atoms with van der Waals surface area (Å²) in [4.78, 5) is 9.64. The lowest BCUT2D eigenvalue weighted by Crippen LogP contribution is -2.74. The molecule has 0 radical (unpaired) electrons. The van der Waals surface area contributed by atoms with Crippen LogP contribution in [0.25, 0.3) is 55.4 Å². The highest BCUT2D eigenvalue weighted by Crippen LogP contribution is 2.33. The molecule has 0 amide bonds. The van der Waals surface area contributed by atoms with Crippen molar-refractivity contribution in [3.8, 4) is 11.4 Å². The van der Waals surface area contributed by atoms with Crippen LogP contribution in [-0.4, -0.2) is 18.0 Å². The van der Waals surface area contributed by atoms with Crippen molar-refractivity contribution in [3.05, 3.63) is 158 Å². The lowest BCUT2D eigenvalue weighted by Gasteiger charge is -2.34. The second kappa shape index (κ2) is 10.1. The number of hydrogen-bond acceptors (Lipinski definition) is 4. The van der Waals surface area contributed by atoms with Crippen LogP contribution >= 0.6 is 0 Å². The molecule has 212 valence electrons. The summed E-state index contributed by atoms with van der Waals surface area (Å²) in [7, 11) is -2.68. The van der Waals surface area contributed by atoms with Crippen LogP contribution in [-0.2, 0) is 0 Å². The summed E-state index contributed by atoms with van der Waals surface area (Å²) in [5.41, 5.74) is 4.95. The Hall–Kier alpha value is -5.78. The third-order valence-electron chi connectivity index (χ3n) is 8.90. The van der Waals surface area contributed by atoms with E-state index in [-0.39, 0.29) is 0 Å². The van der Waals surface area contributed by atoms with E-state index in [0.29, 0.717) is 11.4 Å². The van der Waals surface area contributed by atoms with Gasteiger partial charge in [-0.25, -0.2) is 9.97 Å². The molecule has 0 aliphatic carbocycles. The van der Waals surface area contributed by atoms with Crippen LogP contribution in [0.1, 0.15) is 0 Å². The predicted octanol–water partition coefficient (Wildman–Crippen LogP) is 7.32. The first-order valence-electron chi connectivity index (χ1n) is 15.1. The molecular formula is C40H26N2O2Si. The third kappa shape index (κ3) is 3.98. The Bertz CT molecular complexity index is 2390. The van der Waals surface area contributed by atoms with Gasteiger partial charge in [0.15, 0.2) is 19.5 Å². The zero-order valence-corrected chi connectivity index (χ0v) is 25.2. The minimum absolute atomic E-state index is 0.656. The van der Waals surface area contributed by atoms with Crippen molar-refractivity contribution >= 4 is 72.8 Å². The van der Waals surface area contributed by atoms with E-state index in [9.17, 15) is 0 Å². The first-order chi connectivity index (χ1) is 22.3. The van der Waals surface area contributed by atoms with Crippen molar-refractivity contribution in [1.29, 1.82) is 0 Å². The van der Waals surface area contributed by atoms with Gasteiger partial charge in [-0.3, -0.25) is 0 Å². The third-order valence-corrected chi connectivity index (χ3v) is 13.7. The fourth-order valence-corrected chi connectivity index (χ4v) is 11.6. The van der Waals surface area contributed by atoms with Crippen LogP contribution in [0.4, 0.5) is 0 Å². The van der Waals surface area contributed by atoms with E-state index in [4.69, 9.17) is 18.8 Å². The molecule has 0 spiro atoms. The summed E-state index contributed by atoms with van der Waals surface area (Å²) < 4.78 is 12.4. The van der Waals surface area contributed by atoms with Gasteiger partial charge in [-0.05, 0) is 57.1 Å². The lowest BCUT2D eigenvalue weighted by atomic mass is 10.1. The quantitative estimate of drug-likeness (QED) is 0.155. The molecule has 3 heterocycles. The van der Waals surface area contributed by atoms with Crippen molar-refractivity contribution in [3.63, 3.8) is 0 Å². The molecule has 3 aromatic heterocycles. The van der Waals surface area contributed by atoms with Gasteiger partial charge >= 0.3 is 0 Å². The zero-order valence-electron chi connectivity index (χ0n) is 24.2. The standard InChI is InChI=1S/C40H26N2O2Si/c1-4-12-28(13-5-1)45(29-14-6-2-7-15-29,30-16-8-3-9-17-30)31-21-23-37-34(25-31)33-24-27(20-22-36(33)43-37)40-41-26-38-39(42-40)32-18-10-11-19-35(32)44-38/h1-26H. The normalized spacial score (nSPS) is 12.0. The average molecular weight is 595 g/mol. The zero-order chi connectivity index (χ0) is 29.8. The van der Waals surface area contributed by atoms with E-state index in [1.165, 1.54) is 20.7 Å². The van der Waals surface area contributed by atoms with Gasteiger partial charge in [-0.15, -0.1) is 0 Å². The van der Waals surface area contributed by atoms with Gasteiger partial charge in [0.1, 0.15) is 22.3 Å². The SMILES string of the molecule is c1ccc([Si](c2ccccc2)(c2ccccc2)c2ccc3oc4ccc(-c5ncc6oc7ccccc7c6n5)cc4c3c2)cc1. The number of hydrogen-bond donors (Lipinski definition) is 0. The molecule has 5 heteroatoms. The molecule has 9 rings (SSSR count). The summed E-state index contributed by atoms with van der Waals surface area (Å²) in [5.74, 6) is 0.656. The molecule has 9 aromatic rings. The van der Waals surface area contributed by atoms with Gasteiger partial charge in [0.2, 0.25) is 0 Å². The monoisotopic (exact) mass is 594 g/mol. The molecule has 4 nitrogen and oxygen atoms in total. The minimum Gasteiger partial charge on any atom is -0.456 e. The summed E-state index contributed by atoms with van der Waals surface area (Å²) in [5, 5.41) is 8.42. The Balaban J connectivity index is 1.28. The summed E-state index contributed by atoms with van der Waals surface area (Å²) >= 11 is 0. The fourth-order valence-electron chi connectivity index (χ4n) is 6.86. The van der Waals surface area contributed by atoms with Crippen LogP contribution in [0, 0.1) is 0 Å². The van der Waals surface area contributed by atoms with Gasteiger partial charge < -0.3 is 8.83 Å². The van der Waals surface area contributed by atoms with Crippen molar-refractivity contribution in [2.24, 2.45) is 0 Å². The largest absolute Gasteiger partial charge is 0.456 e. The van der Waals surface area contributed by atoms with Crippen LogP contribution in [0.5, 0.6) is 0 Å². The molecule has 0 saturated heterocycles. The van der Waals surface area contributed by atoms with Gasteiger partial charge in [-0.1, -0.05) is 115 Å². The summed E-state index contributed by atoms with van der Waals surface area (Å²) in [6, 6.07) is 53.9. The Labute approximate surface area is 260 Å². The van der Waals surface area contributed by atoms with Crippen LogP contribution < -0.4 is 20.7 Å². The topological polar surface area (TPSA) is 52.1 Å². The van der Waals surface area contributed by atoms with Crippen LogP contribution in [0.2, 0.25) is 0 Å². The highest BCUT2D eigenvalue weighted by molar-refractivity contribution is 7.20. The number of rotatable bonds is 5. The number of aromatic nitrogens is 2. The van der Waals surface area contributed by atoms with Crippen molar-refractivity contribution in [2.75, 3.05) is 0 Å². The van der Waals surface area contributed by atoms with Crippen LogP contribution in [0.3, 0.4) is 0 Å². The first kappa shape index (κ1) is 25.7. The molecule has 0 atom stereocenters.